The number of hydrogen-bond donors (Lipinski definition) is 1. The fraction of sp³-hybridized carbons (Fsp3) is 0.235. The number of anilines is 1. The lowest BCUT2D eigenvalue weighted by atomic mass is 10.1. The van der Waals surface area contributed by atoms with Crippen LogP contribution in [0.4, 0.5) is 14.6 Å². The summed E-state index contributed by atoms with van der Waals surface area (Å²) in [5.74, 6) is -1.92. The first kappa shape index (κ1) is 30.3. The number of halogens is 2. The van der Waals surface area contributed by atoms with Gasteiger partial charge in [0, 0.05) is 48.4 Å². The van der Waals surface area contributed by atoms with Crippen molar-refractivity contribution in [1.82, 2.24) is 19.0 Å². The van der Waals surface area contributed by atoms with Gasteiger partial charge in [-0.2, -0.15) is 0 Å². The Kier molecular flexibility index (Phi) is 8.44. The highest BCUT2D eigenvalue weighted by molar-refractivity contribution is 5.95. The van der Waals surface area contributed by atoms with Gasteiger partial charge in [-0.1, -0.05) is 26.0 Å². The molecule has 8 nitrogen and oxygen atoms in total. The monoisotopic (exact) mass is 597 g/mol. The van der Waals surface area contributed by atoms with Crippen LogP contribution < -0.4 is 10.9 Å². The van der Waals surface area contributed by atoms with Gasteiger partial charge in [-0.05, 0) is 73.0 Å². The second kappa shape index (κ2) is 12.2. The van der Waals surface area contributed by atoms with Crippen LogP contribution in [0, 0.1) is 24.5 Å². The summed E-state index contributed by atoms with van der Waals surface area (Å²) in [5, 5.41) is 3.34. The van der Waals surface area contributed by atoms with E-state index >= 15 is 4.39 Å². The molecule has 0 unspecified atom stereocenters. The summed E-state index contributed by atoms with van der Waals surface area (Å²) in [6.07, 6.45) is 3.85. The summed E-state index contributed by atoms with van der Waals surface area (Å²) in [7, 11) is 3.30. The molecule has 0 aliphatic heterocycles. The van der Waals surface area contributed by atoms with E-state index in [4.69, 9.17) is 0 Å². The van der Waals surface area contributed by atoms with E-state index in [1.165, 1.54) is 39.9 Å². The Balaban J connectivity index is 1.64. The first-order valence-corrected chi connectivity index (χ1v) is 14.3. The second-order valence-corrected chi connectivity index (χ2v) is 11.1. The highest BCUT2D eigenvalue weighted by atomic mass is 19.1. The molecule has 0 aliphatic rings. The van der Waals surface area contributed by atoms with Crippen LogP contribution in [0.5, 0.6) is 0 Å². The molecule has 44 heavy (non-hydrogen) atoms. The number of hydrogen-bond acceptors (Lipinski definition) is 4. The molecule has 0 aliphatic carbocycles. The molecule has 0 saturated carbocycles. The van der Waals surface area contributed by atoms with Gasteiger partial charge in [0.2, 0.25) is 5.91 Å². The lowest BCUT2D eigenvalue weighted by Crippen LogP contribution is -2.30. The second-order valence-electron chi connectivity index (χ2n) is 11.1. The van der Waals surface area contributed by atoms with Crippen molar-refractivity contribution < 1.29 is 18.4 Å². The average Bonchev–Trinajstić information content (AvgIpc) is 3.33. The number of aryl methyl sites for hydroxylation is 1. The zero-order chi connectivity index (χ0) is 31.7. The fourth-order valence-corrected chi connectivity index (χ4v) is 5.08. The molecule has 0 spiro atoms. The van der Waals surface area contributed by atoms with Crippen LogP contribution in [-0.4, -0.2) is 44.9 Å². The normalized spacial score (nSPS) is 11.9. The van der Waals surface area contributed by atoms with Gasteiger partial charge in [0.1, 0.15) is 11.6 Å². The highest BCUT2D eigenvalue weighted by Gasteiger charge is 2.19. The van der Waals surface area contributed by atoms with E-state index in [-0.39, 0.29) is 35.9 Å². The predicted molar refractivity (Wildman–Crippen MR) is 167 cm³/mol. The van der Waals surface area contributed by atoms with E-state index in [1.54, 1.807) is 62.0 Å². The van der Waals surface area contributed by atoms with Gasteiger partial charge in [0.25, 0.3) is 11.5 Å². The topological polar surface area (TPSA) is 89.2 Å². The summed E-state index contributed by atoms with van der Waals surface area (Å²) in [5.41, 5.74) is 3.27. The molecule has 0 saturated heterocycles. The number of carbonyl (C=O) groups excluding carboxylic acids is 2. The molecule has 10 heteroatoms. The maximum absolute atomic E-state index is 15.1. The largest absolute Gasteiger partial charge is 0.345 e. The number of amides is 2. The van der Waals surface area contributed by atoms with Crippen molar-refractivity contribution in [2.45, 2.75) is 33.7 Å². The molecule has 5 aromatic rings. The van der Waals surface area contributed by atoms with E-state index in [0.29, 0.717) is 45.4 Å². The zero-order valence-corrected chi connectivity index (χ0v) is 25.2. The van der Waals surface area contributed by atoms with Crippen LogP contribution in [0.1, 0.15) is 41.8 Å². The average molecular weight is 598 g/mol. The summed E-state index contributed by atoms with van der Waals surface area (Å²) in [6, 6.07) is 15.7. The van der Waals surface area contributed by atoms with Crippen molar-refractivity contribution in [2.75, 3.05) is 19.4 Å². The van der Waals surface area contributed by atoms with Crippen LogP contribution in [-0.2, 0) is 11.3 Å². The van der Waals surface area contributed by atoms with Crippen LogP contribution in [0.3, 0.4) is 0 Å². The Bertz CT molecular complexity index is 1960. The van der Waals surface area contributed by atoms with Gasteiger partial charge in [0.15, 0.2) is 5.82 Å². The van der Waals surface area contributed by atoms with Crippen LogP contribution >= 0.6 is 0 Å². The van der Waals surface area contributed by atoms with E-state index < -0.39 is 11.4 Å². The third-order valence-electron chi connectivity index (χ3n) is 7.69. The predicted octanol–water partition coefficient (Wildman–Crippen LogP) is 6.18. The summed E-state index contributed by atoms with van der Waals surface area (Å²) in [4.78, 5) is 45.0. The third kappa shape index (κ3) is 6.01. The molecule has 3 aromatic carbocycles. The molecule has 5 rings (SSSR count). The SMILES string of the molecule is CC[C@@H](C)C(=O)Nc1ncc(-c2cccc(C(=O)N(C)C)c2)n(Cc2cc(F)cc(-n3cc(C)c4cc(F)ccc43)c2)c1=O. The molecular formula is C34H33F2N5O3. The van der Waals surface area contributed by atoms with Crippen molar-refractivity contribution in [2.24, 2.45) is 5.92 Å². The third-order valence-corrected chi connectivity index (χ3v) is 7.69. The Hall–Kier alpha value is -5.12. The van der Waals surface area contributed by atoms with Crippen molar-refractivity contribution in [3.63, 3.8) is 0 Å². The van der Waals surface area contributed by atoms with Crippen molar-refractivity contribution in [3.05, 3.63) is 112 Å². The molecule has 0 bridgehead atoms. The molecule has 2 heterocycles. The molecule has 1 N–H and O–H groups in total. The Labute approximate surface area is 253 Å². The molecule has 0 radical (unpaired) electrons. The summed E-state index contributed by atoms with van der Waals surface area (Å²) < 4.78 is 32.3. The lowest BCUT2D eigenvalue weighted by Gasteiger charge is -2.17. The Morgan fingerprint density at radius 2 is 1.80 bits per heavy atom. The number of rotatable bonds is 8. The molecule has 1 atom stereocenters. The first-order valence-electron chi connectivity index (χ1n) is 14.3. The Morgan fingerprint density at radius 1 is 1.02 bits per heavy atom. The molecule has 0 fully saturated rings. The quantitative estimate of drug-likeness (QED) is 0.232. The zero-order valence-electron chi connectivity index (χ0n) is 25.2. The van der Waals surface area contributed by atoms with Crippen molar-refractivity contribution in [1.29, 1.82) is 0 Å². The van der Waals surface area contributed by atoms with Crippen molar-refractivity contribution in [3.8, 4) is 16.9 Å². The van der Waals surface area contributed by atoms with E-state index in [0.717, 1.165) is 5.56 Å². The van der Waals surface area contributed by atoms with Gasteiger partial charge < -0.3 is 14.8 Å². The lowest BCUT2D eigenvalue weighted by molar-refractivity contribution is -0.119. The van der Waals surface area contributed by atoms with Gasteiger partial charge in [-0.3, -0.25) is 19.0 Å². The standard InChI is InChI=1S/C34H33F2N5O3/c1-6-20(2)32(42)38-31-34(44)41(30(17-37-31)23-8-7-9-24(14-23)33(43)39(4)5)19-22-12-26(36)15-27(13-22)40-18-21(3)28-16-25(35)10-11-29(28)40/h7-18,20H,6,19H2,1-5H3,(H,37,38,42)/t20-/m1/s1. The van der Waals surface area contributed by atoms with Crippen molar-refractivity contribution >= 4 is 28.5 Å². The van der Waals surface area contributed by atoms with Crippen LogP contribution in [0.25, 0.3) is 27.8 Å². The van der Waals surface area contributed by atoms with Gasteiger partial charge in [-0.15, -0.1) is 0 Å². The molecular weight excluding hydrogens is 564 g/mol. The summed E-state index contributed by atoms with van der Waals surface area (Å²) in [6.45, 7) is 5.41. The number of nitrogens with zero attached hydrogens (tertiary/aromatic N) is 4. The van der Waals surface area contributed by atoms with Crippen LogP contribution in [0.15, 0.2) is 77.9 Å². The number of aromatic nitrogens is 3. The number of fused-ring (bicyclic) bond motifs is 1. The number of benzene rings is 3. The minimum absolute atomic E-state index is 0.0632. The van der Waals surface area contributed by atoms with Gasteiger partial charge in [-0.25, -0.2) is 13.8 Å². The molecule has 226 valence electrons. The van der Waals surface area contributed by atoms with Crippen LogP contribution in [0.2, 0.25) is 0 Å². The first-order chi connectivity index (χ1) is 21.0. The van der Waals surface area contributed by atoms with E-state index in [2.05, 4.69) is 10.3 Å². The molecule has 2 amide bonds. The highest BCUT2D eigenvalue weighted by Crippen LogP contribution is 2.27. The maximum Gasteiger partial charge on any atom is 0.294 e. The van der Waals surface area contributed by atoms with Gasteiger partial charge >= 0.3 is 0 Å². The smallest absolute Gasteiger partial charge is 0.294 e. The number of nitrogens with one attached hydrogen (secondary N) is 1. The van der Waals surface area contributed by atoms with Gasteiger partial charge in [0.05, 0.1) is 24.0 Å². The number of carbonyl (C=O) groups is 2. The minimum Gasteiger partial charge on any atom is -0.345 e. The minimum atomic E-state index is -0.577. The fourth-order valence-electron chi connectivity index (χ4n) is 5.08. The molecule has 2 aromatic heterocycles. The van der Waals surface area contributed by atoms with E-state index in [1.807, 2.05) is 20.0 Å². The summed E-state index contributed by atoms with van der Waals surface area (Å²) >= 11 is 0. The maximum atomic E-state index is 15.1. The Morgan fingerprint density at radius 3 is 2.52 bits per heavy atom. The van der Waals surface area contributed by atoms with E-state index in [9.17, 15) is 18.8 Å².